The minimum absolute atomic E-state index is 0.622. The van der Waals surface area contributed by atoms with Gasteiger partial charge >= 0.3 is 5.97 Å². The molecular formula is C4H7BO4. The van der Waals surface area contributed by atoms with Crippen LogP contribution in [0.5, 0.6) is 0 Å². The maximum atomic E-state index is 10.2. The van der Waals surface area contributed by atoms with Crippen molar-refractivity contribution >= 4 is 13.8 Å². The minimum atomic E-state index is -2.45. The molecule has 0 aromatic heterocycles. The third-order valence-corrected chi connectivity index (χ3v) is 0.632. The van der Waals surface area contributed by atoms with Gasteiger partial charge in [0.05, 0.1) is 13.5 Å². The van der Waals surface area contributed by atoms with Crippen molar-refractivity contribution in [2.45, 2.75) is 12.1 Å². The highest BCUT2D eigenvalue weighted by atomic mass is 16.5. The number of methoxy groups -OCH3 is 1. The van der Waals surface area contributed by atoms with Crippen LogP contribution in [0, 0.1) is 0 Å². The Labute approximate surface area is 53.8 Å². The summed E-state index contributed by atoms with van der Waals surface area (Å²) in [5, 5.41) is 16.7. The second kappa shape index (κ2) is 2.84. The molecule has 0 aromatic rings. The fourth-order valence-corrected chi connectivity index (χ4v) is 0.285. The molecule has 0 saturated carbocycles. The van der Waals surface area contributed by atoms with Crippen LogP contribution in [-0.2, 0) is 9.53 Å². The van der Waals surface area contributed by atoms with Gasteiger partial charge in [-0.25, -0.2) is 0 Å². The Kier molecular flexibility index (Phi) is 2.67. The first-order valence-corrected chi connectivity index (χ1v) is 2.26. The van der Waals surface area contributed by atoms with Crippen molar-refractivity contribution in [2.24, 2.45) is 0 Å². The van der Waals surface area contributed by atoms with E-state index in [1.54, 1.807) is 0 Å². The van der Waals surface area contributed by atoms with Crippen LogP contribution in [0.4, 0.5) is 0 Å². The Morgan fingerprint density at radius 3 is 2.33 bits per heavy atom. The zero-order chi connectivity index (χ0) is 7.49. The Hall–Kier alpha value is -0.545. The van der Waals surface area contributed by atoms with Crippen molar-refractivity contribution in [3.05, 3.63) is 0 Å². The number of esters is 1. The van der Waals surface area contributed by atoms with Gasteiger partial charge in [0.25, 0.3) is 0 Å². The Morgan fingerprint density at radius 1 is 1.78 bits per heavy atom. The lowest BCUT2D eigenvalue weighted by Gasteiger charge is -2.13. The normalized spacial score (nSPS) is 11.0. The minimum Gasteiger partial charge on any atom is -0.469 e. The molecule has 0 aliphatic carbocycles. The summed E-state index contributed by atoms with van der Waals surface area (Å²) in [6.07, 6.45) is -0.622. The molecule has 2 radical (unpaired) electrons. The van der Waals surface area contributed by atoms with Gasteiger partial charge in [-0.3, -0.25) is 4.79 Å². The molecule has 4 nitrogen and oxygen atoms in total. The molecule has 0 atom stereocenters. The standard InChI is InChI=1S/C4H7BO4/c1-9-3(6)2-4(5,7)8/h7-8H,2H2,1H3. The summed E-state index contributed by atoms with van der Waals surface area (Å²) < 4.78 is 4.09. The van der Waals surface area contributed by atoms with Crippen LogP contribution in [-0.4, -0.2) is 36.8 Å². The zero-order valence-electron chi connectivity index (χ0n) is 5.00. The fourth-order valence-electron chi connectivity index (χ4n) is 0.285. The monoisotopic (exact) mass is 130 g/mol. The van der Waals surface area contributed by atoms with Crippen LogP contribution >= 0.6 is 0 Å². The highest BCUT2D eigenvalue weighted by Gasteiger charge is 2.19. The van der Waals surface area contributed by atoms with Gasteiger partial charge in [-0.15, -0.1) is 0 Å². The molecule has 0 bridgehead atoms. The van der Waals surface area contributed by atoms with E-state index in [1.807, 2.05) is 0 Å². The number of aliphatic hydroxyl groups is 2. The van der Waals surface area contributed by atoms with E-state index in [0.717, 1.165) is 7.11 Å². The van der Waals surface area contributed by atoms with Gasteiger partial charge in [0.15, 0.2) is 7.85 Å². The number of carbonyl (C=O) groups is 1. The summed E-state index contributed by atoms with van der Waals surface area (Å²) in [5.74, 6) is -0.762. The predicted molar refractivity (Wildman–Crippen MR) is 29.6 cm³/mol. The van der Waals surface area contributed by atoms with Crippen LogP contribution in [0.1, 0.15) is 6.42 Å². The average molecular weight is 130 g/mol. The molecule has 50 valence electrons. The van der Waals surface area contributed by atoms with Crippen LogP contribution in [0.25, 0.3) is 0 Å². The van der Waals surface area contributed by atoms with Gasteiger partial charge in [0.2, 0.25) is 0 Å². The molecular weight excluding hydrogens is 123 g/mol. The highest BCUT2D eigenvalue weighted by Crippen LogP contribution is 1.99. The predicted octanol–water partition coefficient (Wildman–Crippen LogP) is -1.64. The SMILES string of the molecule is [B]C(O)(O)CC(=O)OC. The van der Waals surface area contributed by atoms with Crippen LogP contribution in [0.3, 0.4) is 0 Å². The third kappa shape index (κ3) is 5.32. The van der Waals surface area contributed by atoms with Crippen molar-refractivity contribution in [1.82, 2.24) is 0 Å². The third-order valence-electron chi connectivity index (χ3n) is 0.632. The molecule has 0 aromatic carbocycles. The van der Waals surface area contributed by atoms with Crippen LogP contribution < -0.4 is 0 Å². The Bertz CT molecular complexity index is 106. The summed E-state index contributed by atoms with van der Waals surface area (Å²) >= 11 is 0. The summed E-state index contributed by atoms with van der Waals surface area (Å²) in [6, 6.07) is 0. The Morgan fingerprint density at radius 2 is 2.22 bits per heavy atom. The smallest absolute Gasteiger partial charge is 0.310 e. The first kappa shape index (κ1) is 8.45. The molecule has 0 unspecified atom stereocenters. The largest absolute Gasteiger partial charge is 0.469 e. The molecule has 0 aliphatic heterocycles. The van der Waals surface area contributed by atoms with E-state index < -0.39 is 18.1 Å². The zero-order valence-corrected chi connectivity index (χ0v) is 5.00. The molecule has 2 N–H and O–H groups in total. The quantitative estimate of drug-likeness (QED) is 0.267. The lowest BCUT2D eigenvalue weighted by molar-refractivity contribution is -0.155. The first-order chi connectivity index (χ1) is 3.95. The second-order valence-corrected chi connectivity index (χ2v) is 1.63. The van der Waals surface area contributed by atoms with Crippen molar-refractivity contribution in [2.75, 3.05) is 7.11 Å². The number of rotatable bonds is 2. The van der Waals surface area contributed by atoms with Gasteiger partial charge in [0, 0.05) is 0 Å². The highest BCUT2D eigenvalue weighted by molar-refractivity contribution is 6.14. The van der Waals surface area contributed by atoms with E-state index in [0.29, 0.717) is 0 Å². The topological polar surface area (TPSA) is 66.8 Å². The molecule has 0 spiro atoms. The first-order valence-electron chi connectivity index (χ1n) is 2.26. The van der Waals surface area contributed by atoms with E-state index in [1.165, 1.54) is 0 Å². The lowest BCUT2D eigenvalue weighted by atomic mass is 9.92. The molecule has 0 rings (SSSR count). The van der Waals surface area contributed by atoms with E-state index in [4.69, 9.17) is 10.2 Å². The second-order valence-electron chi connectivity index (χ2n) is 1.63. The summed E-state index contributed by atoms with van der Waals surface area (Å²) in [7, 11) is 5.76. The average Bonchev–Trinajstić information content (AvgIpc) is 1.62. The van der Waals surface area contributed by atoms with Gasteiger partial charge in [-0.1, -0.05) is 0 Å². The van der Waals surface area contributed by atoms with E-state index in [-0.39, 0.29) is 0 Å². The molecule has 0 aliphatic rings. The summed E-state index contributed by atoms with van der Waals surface area (Å²) in [4.78, 5) is 10.2. The van der Waals surface area contributed by atoms with Crippen molar-refractivity contribution in [1.29, 1.82) is 0 Å². The van der Waals surface area contributed by atoms with E-state index >= 15 is 0 Å². The van der Waals surface area contributed by atoms with Crippen molar-refractivity contribution in [3.8, 4) is 0 Å². The maximum Gasteiger partial charge on any atom is 0.310 e. The molecule has 0 fully saturated rings. The molecule has 0 saturated heterocycles. The molecule has 9 heavy (non-hydrogen) atoms. The van der Waals surface area contributed by atoms with Crippen molar-refractivity contribution < 1.29 is 19.7 Å². The maximum absolute atomic E-state index is 10.2. The summed E-state index contributed by atoms with van der Waals surface area (Å²) in [5.41, 5.74) is -2.45. The molecule has 0 heterocycles. The Balaban J connectivity index is 3.60. The number of carbonyl (C=O) groups excluding carboxylic acids is 1. The fraction of sp³-hybridized carbons (Fsp3) is 0.750. The van der Waals surface area contributed by atoms with Crippen molar-refractivity contribution in [3.63, 3.8) is 0 Å². The van der Waals surface area contributed by atoms with Gasteiger partial charge in [-0.2, -0.15) is 0 Å². The van der Waals surface area contributed by atoms with E-state index in [9.17, 15) is 4.79 Å². The molecule has 5 heteroatoms. The lowest BCUT2D eigenvalue weighted by Crippen LogP contribution is -2.31. The number of hydrogen-bond acceptors (Lipinski definition) is 4. The van der Waals surface area contributed by atoms with Gasteiger partial charge in [-0.05, 0) is 0 Å². The van der Waals surface area contributed by atoms with Gasteiger partial charge in [0.1, 0.15) is 5.69 Å². The van der Waals surface area contributed by atoms with Gasteiger partial charge < -0.3 is 14.9 Å². The summed E-state index contributed by atoms with van der Waals surface area (Å²) in [6.45, 7) is 0. The van der Waals surface area contributed by atoms with Crippen LogP contribution in [0.2, 0.25) is 0 Å². The molecule has 0 amide bonds. The van der Waals surface area contributed by atoms with Crippen LogP contribution in [0.15, 0.2) is 0 Å². The number of ether oxygens (including phenoxy) is 1. The van der Waals surface area contributed by atoms with E-state index in [2.05, 4.69) is 12.6 Å². The number of hydrogen-bond donors (Lipinski definition) is 2.